The van der Waals surface area contributed by atoms with Crippen LogP contribution in [0.4, 0.5) is 5.69 Å². The number of hydrogen-bond acceptors (Lipinski definition) is 2. The zero-order valence-corrected chi connectivity index (χ0v) is 13.2. The Morgan fingerprint density at radius 3 is 2.43 bits per heavy atom. The molecular weight excluding hydrogens is 282 g/mol. The Balaban J connectivity index is 1.82. The van der Waals surface area contributed by atoms with Crippen molar-refractivity contribution in [1.82, 2.24) is 0 Å². The number of benzene rings is 2. The predicted octanol–water partition coefficient (Wildman–Crippen LogP) is 5.22. The van der Waals surface area contributed by atoms with Crippen molar-refractivity contribution in [3.8, 4) is 5.75 Å². The van der Waals surface area contributed by atoms with Gasteiger partial charge in [0.25, 0.3) is 0 Å². The highest BCUT2D eigenvalue weighted by atomic mass is 35.5. The van der Waals surface area contributed by atoms with E-state index in [1.54, 1.807) is 7.11 Å². The molecule has 1 N–H and O–H groups in total. The highest BCUT2D eigenvalue weighted by molar-refractivity contribution is 6.31. The summed E-state index contributed by atoms with van der Waals surface area (Å²) in [7, 11) is 1.69. The van der Waals surface area contributed by atoms with Crippen molar-refractivity contribution in [3.63, 3.8) is 0 Å². The Bertz CT molecular complexity index is 620. The monoisotopic (exact) mass is 301 g/mol. The zero-order chi connectivity index (χ0) is 14.8. The van der Waals surface area contributed by atoms with Crippen LogP contribution in [0.1, 0.15) is 30.0 Å². The predicted molar refractivity (Wildman–Crippen MR) is 88.3 cm³/mol. The molecule has 2 aromatic rings. The average Bonchev–Trinajstić information content (AvgIpc) is 3.33. The summed E-state index contributed by atoms with van der Waals surface area (Å²) in [6.07, 6.45) is 2.56. The molecule has 0 amide bonds. The second kappa shape index (κ2) is 5.98. The first-order valence-corrected chi connectivity index (χ1v) is 7.72. The van der Waals surface area contributed by atoms with E-state index in [1.807, 2.05) is 25.1 Å². The minimum Gasteiger partial charge on any atom is -0.497 e. The van der Waals surface area contributed by atoms with E-state index in [-0.39, 0.29) is 0 Å². The van der Waals surface area contributed by atoms with Gasteiger partial charge < -0.3 is 10.1 Å². The molecule has 1 aliphatic rings. The van der Waals surface area contributed by atoms with Crippen molar-refractivity contribution in [3.05, 3.63) is 58.6 Å². The van der Waals surface area contributed by atoms with Gasteiger partial charge in [0.05, 0.1) is 13.2 Å². The van der Waals surface area contributed by atoms with Gasteiger partial charge in [-0.3, -0.25) is 0 Å². The van der Waals surface area contributed by atoms with Gasteiger partial charge in [-0.25, -0.2) is 0 Å². The molecule has 3 rings (SSSR count). The Morgan fingerprint density at radius 1 is 1.14 bits per heavy atom. The van der Waals surface area contributed by atoms with E-state index >= 15 is 0 Å². The summed E-state index contributed by atoms with van der Waals surface area (Å²) in [5.41, 5.74) is 3.49. The molecule has 0 saturated heterocycles. The Morgan fingerprint density at radius 2 is 1.86 bits per heavy atom. The van der Waals surface area contributed by atoms with Crippen LogP contribution in [0.25, 0.3) is 0 Å². The summed E-state index contributed by atoms with van der Waals surface area (Å²) in [5.74, 6) is 1.60. The Kier molecular flexibility index (Phi) is 4.07. The first-order valence-electron chi connectivity index (χ1n) is 7.34. The third kappa shape index (κ3) is 3.33. The van der Waals surface area contributed by atoms with Gasteiger partial charge >= 0.3 is 0 Å². The van der Waals surface area contributed by atoms with Crippen LogP contribution in [0.15, 0.2) is 42.5 Å². The van der Waals surface area contributed by atoms with Gasteiger partial charge in [0.1, 0.15) is 5.75 Å². The standard InChI is InChI=1S/C18H20ClNO/c1-12-3-8-15(11-17(12)19)20-18(13-4-5-13)14-6-9-16(21-2)10-7-14/h3,6-11,13,18,20H,4-5H2,1-2H3. The Labute approximate surface area is 131 Å². The van der Waals surface area contributed by atoms with E-state index in [9.17, 15) is 0 Å². The van der Waals surface area contributed by atoms with E-state index in [2.05, 4.69) is 29.6 Å². The molecule has 0 aromatic heterocycles. The molecule has 2 nitrogen and oxygen atoms in total. The largest absolute Gasteiger partial charge is 0.497 e. The summed E-state index contributed by atoms with van der Waals surface area (Å²) in [5, 5.41) is 4.45. The summed E-state index contributed by atoms with van der Waals surface area (Å²) in [6.45, 7) is 2.02. The third-order valence-electron chi connectivity index (χ3n) is 4.06. The average molecular weight is 302 g/mol. The van der Waals surface area contributed by atoms with Crippen LogP contribution in [0.5, 0.6) is 5.75 Å². The third-order valence-corrected chi connectivity index (χ3v) is 4.47. The second-order valence-electron chi connectivity index (χ2n) is 5.70. The van der Waals surface area contributed by atoms with Crippen molar-refractivity contribution in [1.29, 1.82) is 0 Å². The minimum atomic E-state index is 0.342. The van der Waals surface area contributed by atoms with Crippen molar-refractivity contribution < 1.29 is 4.74 Å². The van der Waals surface area contributed by atoms with Gasteiger partial charge in [0.15, 0.2) is 0 Å². The fraction of sp³-hybridized carbons (Fsp3) is 0.333. The van der Waals surface area contributed by atoms with Gasteiger partial charge in [-0.05, 0) is 61.1 Å². The van der Waals surface area contributed by atoms with E-state index in [0.717, 1.165) is 22.0 Å². The Hall–Kier alpha value is -1.67. The number of aryl methyl sites for hydroxylation is 1. The van der Waals surface area contributed by atoms with E-state index in [1.165, 1.54) is 18.4 Å². The fourth-order valence-corrected chi connectivity index (χ4v) is 2.76. The lowest BCUT2D eigenvalue weighted by Gasteiger charge is -2.21. The molecule has 0 radical (unpaired) electrons. The van der Waals surface area contributed by atoms with Gasteiger partial charge in [-0.1, -0.05) is 29.8 Å². The highest BCUT2D eigenvalue weighted by Gasteiger charge is 2.32. The number of methoxy groups -OCH3 is 1. The lowest BCUT2D eigenvalue weighted by Crippen LogP contribution is -2.12. The molecule has 1 unspecified atom stereocenters. The minimum absolute atomic E-state index is 0.342. The van der Waals surface area contributed by atoms with Gasteiger partial charge in [-0.15, -0.1) is 0 Å². The van der Waals surface area contributed by atoms with Crippen LogP contribution >= 0.6 is 11.6 Å². The van der Waals surface area contributed by atoms with Crippen molar-refractivity contribution in [2.45, 2.75) is 25.8 Å². The first-order chi connectivity index (χ1) is 10.2. The summed E-state index contributed by atoms with van der Waals surface area (Å²) in [6, 6.07) is 14.8. The molecule has 21 heavy (non-hydrogen) atoms. The molecule has 0 heterocycles. The van der Waals surface area contributed by atoms with Gasteiger partial charge in [0, 0.05) is 10.7 Å². The van der Waals surface area contributed by atoms with Crippen LogP contribution in [0.2, 0.25) is 5.02 Å². The molecule has 2 aromatic carbocycles. The smallest absolute Gasteiger partial charge is 0.118 e. The van der Waals surface area contributed by atoms with E-state index in [4.69, 9.17) is 16.3 Å². The van der Waals surface area contributed by atoms with Crippen LogP contribution in [-0.2, 0) is 0 Å². The van der Waals surface area contributed by atoms with E-state index < -0.39 is 0 Å². The molecule has 0 aliphatic heterocycles. The fourth-order valence-electron chi connectivity index (χ4n) is 2.58. The summed E-state index contributed by atoms with van der Waals surface area (Å²) in [4.78, 5) is 0. The highest BCUT2D eigenvalue weighted by Crippen LogP contribution is 2.43. The van der Waals surface area contributed by atoms with Crippen molar-refractivity contribution >= 4 is 17.3 Å². The quantitative estimate of drug-likeness (QED) is 0.817. The molecule has 1 fully saturated rings. The SMILES string of the molecule is COc1ccc(C(Nc2ccc(C)c(Cl)c2)C2CC2)cc1. The maximum absolute atomic E-state index is 6.22. The number of hydrogen-bond donors (Lipinski definition) is 1. The molecule has 1 aliphatic carbocycles. The van der Waals surface area contributed by atoms with Gasteiger partial charge in [0.2, 0.25) is 0 Å². The van der Waals surface area contributed by atoms with Crippen LogP contribution in [0.3, 0.4) is 0 Å². The molecule has 1 saturated carbocycles. The molecule has 3 heteroatoms. The summed E-state index contributed by atoms with van der Waals surface area (Å²) >= 11 is 6.22. The summed E-state index contributed by atoms with van der Waals surface area (Å²) < 4.78 is 5.23. The van der Waals surface area contributed by atoms with Gasteiger partial charge in [-0.2, -0.15) is 0 Å². The van der Waals surface area contributed by atoms with Crippen LogP contribution < -0.4 is 10.1 Å². The van der Waals surface area contributed by atoms with Crippen LogP contribution in [0, 0.1) is 12.8 Å². The number of ether oxygens (including phenoxy) is 1. The zero-order valence-electron chi connectivity index (χ0n) is 12.4. The van der Waals surface area contributed by atoms with Crippen molar-refractivity contribution in [2.75, 3.05) is 12.4 Å². The topological polar surface area (TPSA) is 21.3 Å². The molecule has 110 valence electrons. The number of nitrogens with one attached hydrogen (secondary N) is 1. The first kappa shape index (κ1) is 14.3. The molecule has 0 bridgehead atoms. The van der Waals surface area contributed by atoms with E-state index in [0.29, 0.717) is 12.0 Å². The lowest BCUT2D eigenvalue weighted by molar-refractivity contribution is 0.414. The maximum Gasteiger partial charge on any atom is 0.118 e. The maximum atomic E-state index is 6.22. The number of halogens is 1. The molecule has 0 spiro atoms. The van der Waals surface area contributed by atoms with Crippen molar-refractivity contribution in [2.24, 2.45) is 5.92 Å². The normalized spacial score (nSPS) is 15.6. The number of anilines is 1. The lowest BCUT2D eigenvalue weighted by atomic mass is 10.0. The van der Waals surface area contributed by atoms with Crippen LogP contribution in [-0.4, -0.2) is 7.11 Å². The number of rotatable bonds is 5. The second-order valence-corrected chi connectivity index (χ2v) is 6.10. The molecule has 1 atom stereocenters. The molecular formula is C18H20ClNO.